The Morgan fingerprint density at radius 1 is 1.31 bits per heavy atom. The highest BCUT2D eigenvalue weighted by molar-refractivity contribution is 5.63. The van der Waals surface area contributed by atoms with E-state index in [0.717, 1.165) is 25.3 Å². The minimum absolute atomic E-state index is 0.224. The quantitative estimate of drug-likeness (QED) is 0.795. The van der Waals surface area contributed by atoms with Gasteiger partial charge < -0.3 is 5.32 Å². The molecule has 0 saturated heterocycles. The molecule has 3 rings (SSSR count). The summed E-state index contributed by atoms with van der Waals surface area (Å²) < 4.78 is 15.5. The van der Waals surface area contributed by atoms with E-state index in [9.17, 15) is 4.39 Å². The minimum atomic E-state index is -0.224. The number of benzene rings is 1. The first-order valence-electron chi connectivity index (χ1n) is 5.41. The van der Waals surface area contributed by atoms with Crippen molar-refractivity contribution in [2.24, 2.45) is 0 Å². The monoisotopic (exact) mass is 217 g/mol. The number of rotatable bonds is 1. The molecule has 0 fully saturated rings. The van der Waals surface area contributed by atoms with Crippen molar-refractivity contribution in [1.82, 2.24) is 9.78 Å². The van der Waals surface area contributed by atoms with Gasteiger partial charge in [-0.25, -0.2) is 9.07 Å². The summed E-state index contributed by atoms with van der Waals surface area (Å²) >= 11 is 0. The van der Waals surface area contributed by atoms with Crippen LogP contribution in [0.25, 0.3) is 11.3 Å². The summed E-state index contributed by atoms with van der Waals surface area (Å²) in [6.07, 6.45) is 1.06. The lowest BCUT2D eigenvalue weighted by atomic mass is 10.1. The number of hydrogen-bond donors (Lipinski definition) is 1. The molecular weight excluding hydrogens is 205 g/mol. The van der Waals surface area contributed by atoms with Crippen molar-refractivity contribution >= 4 is 5.82 Å². The topological polar surface area (TPSA) is 29.9 Å². The molecule has 1 aliphatic heterocycles. The normalized spacial score (nSPS) is 14.3. The van der Waals surface area contributed by atoms with Crippen molar-refractivity contribution in [2.75, 3.05) is 11.9 Å². The largest absolute Gasteiger partial charge is 0.370 e. The molecule has 82 valence electrons. The zero-order chi connectivity index (χ0) is 11.0. The average Bonchev–Trinajstić information content (AvgIpc) is 2.73. The van der Waals surface area contributed by atoms with E-state index < -0.39 is 0 Å². The second-order valence-electron chi connectivity index (χ2n) is 3.90. The Kier molecular flexibility index (Phi) is 2.13. The second kappa shape index (κ2) is 3.63. The van der Waals surface area contributed by atoms with Crippen LogP contribution in [0.2, 0.25) is 0 Å². The highest BCUT2D eigenvalue weighted by atomic mass is 19.1. The Bertz CT molecular complexity index is 495. The maximum absolute atomic E-state index is 13.6. The summed E-state index contributed by atoms with van der Waals surface area (Å²) in [6, 6.07) is 8.62. The van der Waals surface area contributed by atoms with Gasteiger partial charge in [0.2, 0.25) is 0 Å². The summed E-state index contributed by atoms with van der Waals surface area (Å²) in [5, 5.41) is 7.65. The SMILES string of the molecule is Fc1ccccc1-c1cc2n(n1)CCCN2. The van der Waals surface area contributed by atoms with Gasteiger partial charge in [0.15, 0.2) is 0 Å². The van der Waals surface area contributed by atoms with Crippen LogP contribution in [0.15, 0.2) is 30.3 Å². The number of hydrogen-bond acceptors (Lipinski definition) is 2. The summed E-state index contributed by atoms with van der Waals surface area (Å²) in [6.45, 7) is 1.86. The first-order valence-corrected chi connectivity index (χ1v) is 5.41. The van der Waals surface area contributed by atoms with Gasteiger partial charge in [0, 0.05) is 24.7 Å². The number of nitrogens with one attached hydrogen (secondary N) is 1. The van der Waals surface area contributed by atoms with E-state index in [1.54, 1.807) is 12.1 Å². The molecule has 2 aromatic rings. The van der Waals surface area contributed by atoms with Crippen LogP contribution in [0.5, 0.6) is 0 Å². The van der Waals surface area contributed by atoms with E-state index >= 15 is 0 Å². The van der Waals surface area contributed by atoms with Gasteiger partial charge in [-0.1, -0.05) is 12.1 Å². The number of aromatic nitrogens is 2. The molecular formula is C12H12FN3. The van der Waals surface area contributed by atoms with Crippen molar-refractivity contribution in [3.05, 3.63) is 36.1 Å². The van der Waals surface area contributed by atoms with Gasteiger partial charge >= 0.3 is 0 Å². The van der Waals surface area contributed by atoms with E-state index in [4.69, 9.17) is 0 Å². The third kappa shape index (κ3) is 1.46. The Hall–Kier alpha value is -1.84. The summed E-state index contributed by atoms with van der Waals surface area (Å²) in [4.78, 5) is 0. The van der Waals surface area contributed by atoms with E-state index in [1.807, 2.05) is 16.8 Å². The molecule has 0 saturated carbocycles. The van der Waals surface area contributed by atoms with Gasteiger partial charge in [-0.3, -0.25) is 0 Å². The number of nitrogens with zero attached hydrogens (tertiary/aromatic N) is 2. The molecule has 4 heteroatoms. The predicted octanol–water partition coefficient (Wildman–Crippen LogP) is 2.50. The molecule has 1 aromatic heterocycles. The molecule has 0 radical (unpaired) electrons. The molecule has 1 aromatic carbocycles. The summed E-state index contributed by atoms with van der Waals surface area (Å²) in [5.41, 5.74) is 1.26. The fourth-order valence-corrected chi connectivity index (χ4v) is 1.98. The number of fused-ring (bicyclic) bond motifs is 1. The third-order valence-corrected chi connectivity index (χ3v) is 2.78. The molecule has 0 unspecified atom stereocenters. The number of aryl methyl sites for hydroxylation is 1. The Morgan fingerprint density at radius 2 is 2.19 bits per heavy atom. The van der Waals surface area contributed by atoms with Crippen LogP contribution in [0.3, 0.4) is 0 Å². The molecule has 0 spiro atoms. The van der Waals surface area contributed by atoms with Crippen LogP contribution in [-0.4, -0.2) is 16.3 Å². The summed E-state index contributed by atoms with van der Waals surface area (Å²) in [7, 11) is 0. The minimum Gasteiger partial charge on any atom is -0.370 e. The van der Waals surface area contributed by atoms with Crippen LogP contribution in [-0.2, 0) is 6.54 Å². The van der Waals surface area contributed by atoms with Gasteiger partial charge in [-0.2, -0.15) is 5.10 Å². The molecule has 0 atom stereocenters. The Morgan fingerprint density at radius 3 is 3.00 bits per heavy atom. The van der Waals surface area contributed by atoms with Crippen molar-refractivity contribution in [3.63, 3.8) is 0 Å². The molecule has 3 nitrogen and oxygen atoms in total. The molecule has 0 bridgehead atoms. The fraction of sp³-hybridized carbons (Fsp3) is 0.250. The smallest absolute Gasteiger partial charge is 0.132 e. The van der Waals surface area contributed by atoms with E-state index in [-0.39, 0.29) is 5.82 Å². The van der Waals surface area contributed by atoms with Crippen LogP contribution in [0, 0.1) is 5.82 Å². The predicted molar refractivity (Wildman–Crippen MR) is 60.7 cm³/mol. The molecule has 0 amide bonds. The van der Waals surface area contributed by atoms with Gasteiger partial charge in [0.05, 0.1) is 5.69 Å². The maximum Gasteiger partial charge on any atom is 0.132 e. The lowest BCUT2D eigenvalue weighted by Crippen LogP contribution is -2.17. The average molecular weight is 217 g/mol. The third-order valence-electron chi connectivity index (χ3n) is 2.78. The van der Waals surface area contributed by atoms with E-state index in [0.29, 0.717) is 11.3 Å². The molecule has 0 aliphatic carbocycles. The number of anilines is 1. The van der Waals surface area contributed by atoms with Gasteiger partial charge in [-0.15, -0.1) is 0 Å². The Labute approximate surface area is 92.9 Å². The second-order valence-corrected chi connectivity index (χ2v) is 3.90. The van der Waals surface area contributed by atoms with Gasteiger partial charge in [0.25, 0.3) is 0 Å². The van der Waals surface area contributed by atoms with Crippen LogP contribution in [0.1, 0.15) is 6.42 Å². The first-order chi connectivity index (χ1) is 7.84. The van der Waals surface area contributed by atoms with Gasteiger partial charge in [-0.05, 0) is 18.6 Å². The highest BCUT2D eigenvalue weighted by Gasteiger charge is 2.14. The standard InChI is InChI=1S/C12H12FN3/c13-10-5-2-1-4-9(10)11-8-12-14-6-3-7-16(12)15-11/h1-2,4-5,8,14H,3,6-7H2. The molecule has 1 aliphatic rings. The Balaban J connectivity index is 2.07. The maximum atomic E-state index is 13.6. The lowest BCUT2D eigenvalue weighted by molar-refractivity contribution is 0.568. The zero-order valence-electron chi connectivity index (χ0n) is 8.78. The van der Waals surface area contributed by atoms with E-state index in [1.165, 1.54) is 6.07 Å². The molecule has 2 heterocycles. The highest BCUT2D eigenvalue weighted by Crippen LogP contribution is 2.25. The lowest BCUT2D eigenvalue weighted by Gasteiger charge is -2.14. The summed E-state index contributed by atoms with van der Waals surface area (Å²) in [5.74, 6) is 0.752. The van der Waals surface area contributed by atoms with Crippen LogP contribution in [0.4, 0.5) is 10.2 Å². The van der Waals surface area contributed by atoms with Gasteiger partial charge in [0.1, 0.15) is 11.6 Å². The van der Waals surface area contributed by atoms with E-state index in [2.05, 4.69) is 10.4 Å². The molecule has 1 N–H and O–H groups in total. The fourth-order valence-electron chi connectivity index (χ4n) is 1.98. The molecule has 16 heavy (non-hydrogen) atoms. The number of halogens is 1. The van der Waals surface area contributed by atoms with Crippen LogP contribution < -0.4 is 5.32 Å². The van der Waals surface area contributed by atoms with Crippen LogP contribution >= 0.6 is 0 Å². The van der Waals surface area contributed by atoms with Crippen molar-refractivity contribution in [2.45, 2.75) is 13.0 Å². The van der Waals surface area contributed by atoms with Crippen molar-refractivity contribution in [3.8, 4) is 11.3 Å². The first kappa shape index (κ1) is 9.39. The zero-order valence-corrected chi connectivity index (χ0v) is 8.78. The van der Waals surface area contributed by atoms with Crippen molar-refractivity contribution < 1.29 is 4.39 Å². The van der Waals surface area contributed by atoms with Crippen molar-refractivity contribution in [1.29, 1.82) is 0 Å².